The first kappa shape index (κ1) is 33.7. The van der Waals surface area contributed by atoms with Crippen LogP contribution in [0.5, 0.6) is 0 Å². The smallest absolute Gasteiger partial charge is 0.304 e. The van der Waals surface area contributed by atoms with Gasteiger partial charge in [0.1, 0.15) is 18.4 Å². The summed E-state index contributed by atoms with van der Waals surface area (Å²) in [6.07, 6.45) is 4.89. The molecule has 0 saturated heterocycles. The minimum absolute atomic E-state index is 0.0422. The summed E-state index contributed by atoms with van der Waals surface area (Å²) in [4.78, 5) is 29.7. The van der Waals surface area contributed by atoms with Crippen molar-refractivity contribution >= 4 is 50.9 Å². The Bertz CT molecular complexity index is 1530. The predicted molar refractivity (Wildman–Crippen MR) is 172 cm³/mol. The van der Waals surface area contributed by atoms with Crippen molar-refractivity contribution in [3.05, 3.63) is 99.8 Å². The zero-order valence-corrected chi connectivity index (χ0v) is 27.1. The maximum atomic E-state index is 15.0. The summed E-state index contributed by atoms with van der Waals surface area (Å²) in [6.45, 7) is -0.953. The van der Waals surface area contributed by atoms with Gasteiger partial charge in [-0.25, -0.2) is 8.70 Å². The van der Waals surface area contributed by atoms with Crippen LogP contribution < -0.4 is 9.62 Å². The summed E-state index contributed by atoms with van der Waals surface area (Å²) in [5.41, 5.74) is 0.906. The minimum Gasteiger partial charge on any atom is -0.352 e. The fraction of sp³-hybridized carbons (Fsp3) is 0.375. The Kier molecular flexibility index (Phi) is 11.6. The highest BCUT2D eigenvalue weighted by Crippen LogP contribution is 2.29. The van der Waals surface area contributed by atoms with Crippen LogP contribution in [0.4, 0.5) is 10.1 Å². The number of hydrogen-bond donors (Lipinski definition) is 1. The quantitative estimate of drug-likeness (QED) is 0.264. The van der Waals surface area contributed by atoms with Crippen molar-refractivity contribution in [2.75, 3.05) is 24.9 Å². The van der Waals surface area contributed by atoms with Crippen LogP contribution in [0.2, 0.25) is 10.0 Å². The van der Waals surface area contributed by atoms with Gasteiger partial charge in [-0.05, 0) is 42.7 Å². The Balaban J connectivity index is 1.80. The Labute approximate surface area is 268 Å². The molecule has 2 amide bonds. The third kappa shape index (κ3) is 8.29. The molecule has 1 N–H and O–H groups in total. The molecule has 44 heavy (non-hydrogen) atoms. The van der Waals surface area contributed by atoms with E-state index in [9.17, 15) is 18.0 Å². The Hall–Kier alpha value is -3.18. The number of nitrogens with one attached hydrogen (secondary N) is 1. The molecule has 0 heterocycles. The molecule has 236 valence electrons. The van der Waals surface area contributed by atoms with Gasteiger partial charge in [-0.3, -0.25) is 9.59 Å². The number of benzene rings is 3. The van der Waals surface area contributed by atoms with Crippen molar-refractivity contribution < 1.29 is 22.4 Å². The average Bonchev–Trinajstić information content (AvgIpc) is 3.00. The van der Waals surface area contributed by atoms with E-state index in [0.29, 0.717) is 9.87 Å². The van der Waals surface area contributed by atoms with E-state index >= 15 is 4.39 Å². The highest BCUT2D eigenvalue weighted by atomic mass is 35.5. The third-order valence-electron chi connectivity index (χ3n) is 7.75. The number of anilines is 1. The molecule has 0 bridgehead atoms. The molecule has 1 saturated carbocycles. The summed E-state index contributed by atoms with van der Waals surface area (Å²) >= 11 is 13.1. The van der Waals surface area contributed by atoms with E-state index in [1.165, 1.54) is 37.2 Å². The molecule has 1 fully saturated rings. The number of carbonyl (C=O) groups is 2. The Morgan fingerprint density at radius 1 is 0.909 bits per heavy atom. The zero-order valence-electron chi connectivity index (χ0n) is 24.8. The van der Waals surface area contributed by atoms with Crippen molar-refractivity contribution in [3.8, 4) is 0 Å². The topological polar surface area (TPSA) is 90.0 Å². The standard InChI is InChI=1S/C32H37Cl2FN4O4S/c1-37(2)44(42,43)39(29-19-10-9-18-28(29)35)22-31(40)38(21-25-26(33)16-11-17-27(25)34)30(20-23-12-5-3-6-13-23)32(41)36-24-14-7-4-8-15-24/h3,5-6,9-13,16-19,24,30H,4,7-8,14-15,20-22H2,1-2H3,(H,36,41)/t30-/m1/s1. The molecular formula is C32H37Cl2FN4O4S. The first-order valence-corrected chi connectivity index (χ1v) is 16.7. The second-order valence-electron chi connectivity index (χ2n) is 11.0. The molecule has 1 aliphatic carbocycles. The lowest BCUT2D eigenvalue weighted by Crippen LogP contribution is -2.55. The fourth-order valence-corrected chi connectivity index (χ4v) is 6.89. The maximum Gasteiger partial charge on any atom is 0.304 e. The number of halogens is 3. The van der Waals surface area contributed by atoms with Gasteiger partial charge in [-0.15, -0.1) is 0 Å². The molecule has 0 aliphatic heterocycles. The molecular weight excluding hydrogens is 626 g/mol. The predicted octanol–water partition coefficient (Wildman–Crippen LogP) is 5.83. The van der Waals surface area contributed by atoms with Gasteiger partial charge in [0.05, 0.1) is 5.69 Å². The van der Waals surface area contributed by atoms with Gasteiger partial charge in [0.15, 0.2) is 0 Å². The average molecular weight is 664 g/mol. The van der Waals surface area contributed by atoms with Gasteiger partial charge in [-0.1, -0.05) is 91.0 Å². The van der Waals surface area contributed by atoms with E-state index in [1.807, 2.05) is 30.3 Å². The number of hydrogen-bond acceptors (Lipinski definition) is 4. The minimum atomic E-state index is -4.33. The maximum absolute atomic E-state index is 15.0. The molecule has 0 unspecified atom stereocenters. The number of para-hydroxylation sites is 1. The monoisotopic (exact) mass is 662 g/mol. The number of rotatable bonds is 12. The van der Waals surface area contributed by atoms with E-state index in [0.717, 1.165) is 48.0 Å². The molecule has 1 aliphatic rings. The van der Waals surface area contributed by atoms with Crippen molar-refractivity contribution in [1.82, 2.24) is 14.5 Å². The number of carbonyl (C=O) groups excluding carboxylic acids is 2. The number of amides is 2. The highest BCUT2D eigenvalue weighted by molar-refractivity contribution is 7.90. The lowest BCUT2D eigenvalue weighted by molar-refractivity contribution is -0.140. The van der Waals surface area contributed by atoms with Crippen LogP contribution in [-0.4, -0.2) is 62.2 Å². The molecule has 3 aromatic rings. The van der Waals surface area contributed by atoms with E-state index < -0.39 is 34.5 Å². The van der Waals surface area contributed by atoms with Crippen molar-refractivity contribution in [3.63, 3.8) is 0 Å². The molecule has 0 spiro atoms. The van der Waals surface area contributed by atoms with Gasteiger partial charge in [0.25, 0.3) is 0 Å². The first-order valence-electron chi connectivity index (χ1n) is 14.5. The Morgan fingerprint density at radius 3 is 2.14 bits per heavy atom. The summed E-state index contributed by atoms with van der Waals surface area (Å²) in [6, 6.07) is 18.4. The van der Waals surface area contributed by atoms with Crippen molar-refractivity contribution in [1.29, 1.82) is 0 Å². The van der Waals surface area contributed by atoms with E-state index in [1.54, 1.807) is 18.2 Å². The van der Waals surface area contributed by atoms with Crippen LogP contribution in [0, 0.1) is 5.82 Å². The number of nitrogens with zero attached hydrogens (tertiary/aromatic N) is 3. The SMILES string of the molecule is CN(C)S(=O)(=O)N(CC(=O)N(Cc1c(Cl)cccc1Cl)[C@H](Cc1ccccc1)C(=O)NC1CCCCC1)c1ccccc1F. The van der Waals surface area contributed by atoms with Crippen LogP contribution in [-0.2, 0) is 32.8 Å². The highest BCUT2D eigenvalue weighted by Gasteiger charge is 2.36. The molecule has 8 nitrogen and oxygen atoms in total. The molecule has 1 atom stereocenters. The molecule has 0 aromatic heterocycles. The van der Waals surface area contributed by atoms with Gasteiger partial charge in [-0.2, -0.15) is 12.7 Å². The zero-order chi connectivity index (χ0) is 31.9. The van der Waals surface area contributed by atoms with Crippen LogP contribution >= 0.6 is 23.2 Å². The lowest BCUT2D eigenvalue weighted by Gasteiger charge is -2.35. The lowest BCUT2D eigenvalue weighted by atomic mass is 9.94. The second kappa shape index (κ2) is 15.2. The van der Waals surface area contributed by atoms with Crippen molar-refractivity contribution in [2.45, 2.75) is 57.2 Å². The molecule has 0 radical (unpaired) electrons. The van der Waals surface area contributed by atoms with Crippen molar-refractivity contribution in [2.24, 2.45) is 0 Å². The summed E-state index contributed by atoms with van der Waals surface area (Å²) in [7, 11) is -1.74. The first-order chi connectivity index (χ1) is 21.0. The van der Waals surface area contributed by atoms with Crippen LogP contribution in [0.25, 0.3) is 0 Å². The molecule has 3 aromatic carbocycles. The summed E-state index contributed by atoms with van der Waals surface area (Å²) in [5.74, 6) is -1.91. The van der Waals surface area contributed by atoms with Crippen LogP contribution in [0.15, 0.2) is 72.8 Å². The normalized spacial score (nSPS) is 14.7. The van der Waals surface area contributed by atoms with Gasteiger partial charge >= 0.3 is 10.2 Å². The van der Waals surface area contributed by atoms with Gasteiger partial charge in [0, 0.05) is 48.7 Å². The summed E-state index contributed by atoms with van der Waals surface area (Å²) < 4.78 is 43.6. The fourth-order valence-electron chi connectivity index (χ4n) is 5.31. The van der Waals surface area contributed by atoms with Gasteiger partial charge in [0.2, 0.25) is 11.8 Å². The third-order valence-corrected chi connectivity index (χ3v) is 10.3. The van der Waals surface area contributed by atoms with E-state index in [-0.39, 0.29) is 40.6 Å². The molecule has 4 rings (SSSR count). The molecule has 12 heteroatoms. The van der Waals surface area contributed by atoms with Gasteiger partial charge < -0.3 is 10.2 Å². The van der Waals surface area contributed by atoms with Crippen LogP contribution in [0.3, 0.4) is 0 Å². The largest absolute Gasteiger partial charge is 0.352 e. The van der Waals surface area contributed by atoms with Crippen LogP contribution in [0.1, 0.15) is 43.2 Å². The second-order valence-corrected chi connectivity index (χ2v) is 13.9. The summed E-state index contributed by atoms with van der Waals surface area (Å²) in [5, 5.41) is 3.70. The van der Waals surface area contributed by atoms with E-state index in [4.69, 9.17) is 23.2 Å². The van der Waals surface area contributed by atoms with E-state index in [2.05, 4.69) is 5.32 Å². The Morgan fingerprint density at radius 2 is 1.52 bits per heavy atom.